The standard InChI is InChI=1S/C18H28N2O/c1-13(2)12-14-4-6-15(7-5-14)18(16-8-9-16)20-17(21)10-11-19-3/h4-7,13,16,18-19H,8-12H2,1-3H3,(H,20,21). The van der Waals surface area contributed by atoms with E-state index in [9.17, 15) is 4.79 Å². The summed E-state index contributed by atoms with van der Waals surface area (Å²) in [5.41, 5.74) is 2.63. The number of carbonyl (C=O) groups excluding carboxylic acids is 1. The van der Waals surface area contributed by atoms with Crippen LogP contribution in [0, 0.1) is 11.8 Å². The highest BCUT2D eigenvalue weighted by molar-refractivity contribution is 5.76. The topological polar surface area (TPSA) is 41.1 Å². The van der Waals surface area contributed by atoms with Gasteiger partial charge in [0.25, 0.3) is 0 Å². The summed E-state index contributed by atoms with van der Waals surface area (Å²) in [7, 11) is 1.87. The van der Waals surface area contributed by atoms with Gasteiger partial charge in [0.05, 0.1) is 6.04 Å². The third kappa shape index (κ3) is 5.16. The Kier molecular flexibility index (Phi) is 5.80. The molecule has 0 bridgehead atoms. The first-order chi connectivity index (χ1) is 10.1. The molecule has 1 aliphatic rings. The SMILES string of the molecule is CNCCC(=O)NC(c1ccc(CC(C)C)cc1)C1CC1. The second-order valence-electron chi connectivity index (χ2n) is 6.58. The van der Waals surface area contributed by atoms with Crippen LogP contribution in [0.1, 0.15) is 50.3 Å². The van der Waals surface area contributed by atoms with E-state index in [0.717, 1.165) is 13.0 Å². The highest BCUT2D eigenvalue weighted by atomic mass is 16.1. The second kappa shape index (κ2) is 7.60. The minimum atomic E-state index is 0.146. The van der Waals surface area contributed by atoms with Crippen molar-refractivity contribution in [2.24, 2.45) is 11.8 Å². The summed E-state index contributed by atoms with van der Waals surface area (Å²) < 4.78 is 0. The highest BCUT2D eigenvalue weighted by Gasteiger charge is 2.33. The van der Waals surface area contributed by atoms with Crippen molar-refractivity contribution in [2.45, 2.75) is 45.6 Å². The van der Waals surface area contributed by atoms with Crippen molar-refractivity contribution in [2.75, 3.05) is 13.6 Å². The first kappa shape index (κ1) is 16.0. The third-order valence-electron chi connectivity index (χ3n) is 3.99. The Morgan fingerprint density at radius 3 is 2.43 bits per heavy atom. The van der Waals surface area contributed by atoms with E-state index in [1.807, 2.05) is 7.05 Å². The van der Waals surface area contributed by atoms with Crippen LogP contribution in [-0.4, -0.2) is 19.5 Å². The molecule has 116 valence electrons. The Bertz CT molecular complexity index is 449. The molecule has 3 nitrogen and oxygen atoms in total. The maximum atomic E-state index is 12.0. The van der Waals surface area contributed by atoms with Crippen molar-refractivity contribution in [3.8, 4) is 0 Å². The number of hydrogen-bond donors (Lipinski definition) is 2. The number of benzene rings is 1. The van der Waals surface area contributed by atoms with Gasteiger partial charge in [-0.05, 0) is 49.3 Å². The summed E-state index contributed by atoms with van der Waals surface area (Å²) in [5, 5.41) is 6.23. The quantitative estimate of drug-likeness (QED) is 0.772. The zero-order valence-electron chi connectivity index (χ0n) is 13.5. The van der Waals surface area contributed by atoms with E-state index in [0.29, 0.717) is 18.3 Å². The van der Waals surface area contributed by atoms with Crippen molar-refractivity contribution < 1.29 is 4.79 Å². The number of carbonyl (C=O) groups is 1. The summed E-state index contributed by atoms with van der Waals surface area (Å²) in [6.45, 7) is 5.21. The summed E-state index contributed by atoms with van der Waals surface area (Å²) >= 11 is 0. The Hall–Kier alpha value is -1.35. The number of nitrogens with one attached hydrogen (secondary N) is 2. The second-order valence-corrected chi connectivity index (χ2v) is 6.58. The molecule has 0 aliphatic heterocycles. The molecular weight excluding hydrogens is 260 g/mol. The van der Waals surface area contributed by atoms with Crippen LogP contribution < -0.4 is 10.6 Å². The largest absolute Gasteiger partial charge is 0.349 e. The minimum absolute atomic E-state index is 0.146. The first-order valence-corrected chi connectivity index (χ1v) is 8.13. The maximum absolute atomic E-state index is 12.0. The molecule has 0 heterocycles. The molecule has 1 amide bonds. The van der Waals surface area contributed by atoms with E-state index < -0.39 is 0 Å². The third-order valence-corrected chi connectivity index (χ3v) is 3.99. The van der Waals surface area contributed by atoms with Crippen molar-refractivity contribution in [3.63, 3.8) is 0 Å². The lowest BCUT2D eigenvalue weighted by atomic mass is 9.97. The lowest BCUT2D eigenvalue weighted by Crippen LogP contribution is -2.31. The summed E-state index contributed by atoms with van der Waals surface area (Å²) in [5.74, 6) is 1.45. The molecule has 2 N–H and O–H groups in total. The molecule has 1 aliphatic carbocycles. The van der Waals surface area contributed by atoms with Crippen molar-refractivity contribution in [1.82, 2.24) is 10.6 Å². The molecule has 0 spiro atoms. The van der Waals surface area contributed by atoms with Gasteiger partial charge in [-0.25, -0.2) is 0 Å². The zero-order chi connectivity index (χ0) is 15.2. The number of hydrogen-bond acceptors (Lipinski definition) is 2. The van der Waals surface area contributed by atoms with Gasteiger partial charge in [-0.3, -0.25) is 4.79 Å². The van der Waals surface area contributed by atoms with Crippen LogP contribution in [0.3, 0.4) is 0 Å². The molecule has 0 radical (unpaired) electrons. The summed E-state index contributed by atoms with van der Waals surface area (Å²) in [6.07, 6.45) is 4.11. The van der Waals surface area contributed by atoms with Gasteiger partial charge in [-0.2, -0.15) is 0 Å². The van der Waals surface area contributed by atoms with E-state index in [1.165, 1.54) is 24.0 Å². The fourth-order valence-corrected chi connectivity index (χ4v) is 2.72. The smallest absolute Gasteiger partial charge is 0.221 e. The monoisotopic (exact) mass is 288 g/mol. The van der Waals surface area contributed by atoms with Gasteiger partial charge in [0.15, 0.2) is 0 Å². The molecule has 0 aromatic heterocycles. The first-order valence-electron chi connectivity index (χ1n) is 8.13. The van der Waals surface area contributed by atoms with Crippen LogP contribution in [0.5, 0.6) is 0 Å². The van der Waals surface area contributed by atoms with Gasteiger partial charge in [0.1, 0.15) is 0 Å². The maximum Gasteiger partial charge on any atom is 0.221 e. The van der Waals surface area contributed by atoms with Crippen molar-refractivity contribution in [1.29, 1.82) is 0 Å². The molecule has 1 aromatic carbocycles. The van der Waals surface area contributed by atoms with Crippen LogP contribution >= 0.6 is 0 Å². The predicted molar refractivity (Wildman–Crippen MR) is 87.1 cm³/mol. The molecule has 1 unspecified atom stereocenters. The number of amides is 1. The molecule has 1 fully saturated rings. The van der Waals surface area contributed by atoms with Crippen molar-refractivity contribution in [3.05, 3.63) is 35.4 Å². The fraction of sp³-hybridized carbons (Fsp3) is 0.611. The lowest BCUT2D eigenvalue weighted by molar-refractivity contribution is -0.121. The Morgan fingerprint density at radius 1 is 1.24 bits per heavy atom. The normalized spacial score (nSPS) is 16.0. The van der Waals surface area contributed by atoms with Gasteiger partial charge in [-0.15, -0.1) is 0 Å². The molecule has 3 heteroatoms. The minimum Gasteiger partial charge on any atom is -0.349 e. The van der Waals surface area contributed by atoms with E-state index in [1.54, 1.807) is 0 Å². The number of rotatable bonds is 8. The van der Waals surface area contributed by atoms with Crippen LogP contribution in [0.15, 0.2) is 24.3 Å². The predicted octanol–water partition coefficient (Wildman–Crippen LogP) is 3.06. The molecule has 1 saturated carbocycles. The van der Waals surface area contributed by atoms with Crippen LogP contribution in [0.2, 0.25) is 0 Å². The van der Waals surface area contributed by atoms with Crippen LogP contribution in [0.25, 0.3) is 0 Å². The van der Waals surface area contributed by atoms with Gasteiger partial charge in [0, 0.05) is 13.0 Å². The van der Waals surface area contributed by atoms with E-state index in [4.69, 9.17) is 0 Å². The van der Waals surface area contributed by atoms with E-state index in [-0.39, 0.29) is 11.9 Å². The average molecular weight is 288 g/mol. The molecule has 1 atom stereocenters. The Labute approximate surface area is 128 Å². The molecule has 0 saturated heterocycles. The lowest BCUT2D eigenvalue weighted by Gasteiger charge is -2.19. The van der Waals surface area contributed by atoms with Gasteiger partial charge in [0.2, 0.25) is 5.91 Å². The Balaban J connectivity index is 1.99. The highest BCUT2D eigenvalue weighted by Crippen LogP contribution is 2.41. The molecule has 1 aromatic rings. The molecular formula is C18H28N2O. The van der Waals surface area contributed by atoms with Gasteiger partial charge < -0.3 is 10.6 Å². The van der Waals surface area contributed by atoms with E-state index >= 15 is 0 Å². The summed E-state index contributed by atoms with van der Waals surface area (Å²) in [4.78, 5) is 12.0. The van der Waals surface area contributed by atoms with E-state index in [2.05, 4.69) is 48.7 Å². The average Bonchev–Trinajstić information content (AvgIpc) is 3.27. The van der Waals surface area contributed by atoms with Gasteiger partial charge >= 0.3 is 0 Å². The van der Waals surface area contributed by atoms with Gasteiger partial charge in [-0.1, -0.05) is 38.1 Å². The zero-order valence-corrected chi connectivity index (χ0v) is 13.5. The molecule has 2 rings (SSSR count). The van der Waals surface area contributed by atoms with Crippen LogP contribution in [-0.2, 0) is 11.2 Å². The van der Waals surface area contributed by atoms with Crippen molar-refractivity contribution >= 4 is 5.91 Å². The summed E-state index contributed by atoms with van der Waals surface area (Å²) in [6, 6.07) is 9.01. The van der Waals surface area contributed by atoms with Crippen LogP contribution in [0.4, 0.5) is 0 Å². The Morgan fingerprint density at radius 2 is 1.90 bits per heavy atom. The fourth-order valence-electron chi connectivity index (χ4n) is 2.72. The molecule has 21 heavy (non-hydrogen) atoms.